The van der Waals surface area contributed by atoms with Gasteiger partial charge in [-0.15, -0.1) is 40.8 Å². The minimum absolute atomic E-state index is 0.158. The summed E-state index contributed by atoms with van der Waals surface area (Å²) in [5, 5.41) is 34.6. The minimum Gasteiger partial charge on any atom is -0.397 e. The predicted octanol–water partition coefficient (Wildman–Crippen LogP) is 3.67. The number of carbonyl (C=O) groups excluding carboxylic acids is 1. The van der Waals surface area contributed by atoms with Crippen LogP contribution >= 0.6 is 0 Å². The second-order valence-electron chi connectivity index (χ2n) is 9.73. The van der Waals surface area contributed by atoms with Crippen molar-refractivity contribution in [3.05, 3.63) is 85.5 Å². The van der Waals surface area contributed by atoms with E-state index in [9.17, 15) is 4.79 Å². The fourth-order valence-corrected chi connectivity index (χ4v) is 3.87. The van der Waals surface area contributed by atoms with Crippen LogP contribution in [0.15, 0.2) is 85.5 Å². The summed E-state index contributed by atoms with van der Waals surface area (Å²) >= 11 is 0. The Kier molecular flexibility index (Phi) is 13.0. The Labute approximate surface area is 277 Å². The van der Waals surface area contributed by atoms with Crippen LogP contribution in [0, 0.1) is 0 Å². The molecule has 0 bridgehead atoms. The molecule has 0 unspecified atom stereocenters. The van der Waals surface area contributed by atoms with E-state index in [0.29, 0.717) is 57.4 Å². The van der Waals surface area contributed by atoms with Gasteiger partial charge in [0.05, 0.1) is 23.8 Å². The zero-order valence-corrected chi connectivity index (χ0v) is 27.0. The molecule has 0 aliphatic heterocycles. The SMILES string of the molecule is CC(=O)Nc1ccc(-c2nnc(-c3ccccn3)nn2)nc1.CCN(CC)CC.Nc1ccc(-c2nnc(-c3ccccn3)nn2)nc1. The van der Waals surface area contributed by atoms with E-state index in [2.05, 4.69) is 91.7 Å². The summed E-state index contributed by atoms with van der Waals surface area (Å²) in [6, 6.07) is 17.7. The fraction of sp³-hybridized carbons (Fsp3) is 0.219. The summed E-state index contributed by atoms with van der Waals surface area (Å²) < 4.78 is 0. The lowest BCUT2D eigenvalue weighted by atomic mass is 10.3. The zero-order chi connectivity index (χ0) is 34.1. The normalized spacial score (nSPS) is 10.3. The maximum Gasteiger partial charge on any atom is 0.221 e. The van der Waals surface area contributed by atoms with E-state index < -0.39 is 0 Å². The topological polar surface area (TPSA) is 213 Å². The highest BCUT2D eigenvalue weighted by molar-refractivity contribution is 5.88. The number of nitrogens with zero attached hydrogens (tertiary/aromatic N) is 13. The molecule has 0 radical (unpaired) electrons. The number of rotatable bonds is 8. The number of anilines is 2. The highest BCUT2D eigenvalue weighted by Gasteiger charge is 2.09. The standard InChI is InChI=1S/C14H11N7O.C12H9N7.C6H15N/c1-9(22)17-10-5-6-12(16-8-10)14-20-18-13(19-21-14)11-4-2-3-7-15-11;13-8-4-5-10(15-7-8)12-18-16-11(17-19-12)9-3-1-2-6-14-9;1-4-7(5-2)6-3/h2-8H,1H3,(H,17,22);1-7H,13H2;4-6H2,1-3H3. The smallest absolute Gasteiger partial charge is 0.221 e. The first-order valence-electron chi connectivity index (χ1n) is 15.1. The van der Waals surface area contributed by atoms with Gasteiger partial charge in [-0.3, -0.25) is 24.7 Å². The Balaban J connectivity index is 0.000000183. The molecule has 0 saturated carbocycles. The molecule has 0 atom stereocenters. The molecule has 48 heavy (non-hydrogen) atoms. The Hall–Kier alpha value is -6.29. The first kappa shape index (κ1) is 34.6. The molecule has 6 aromatic rings. The van der Waals surface area contributed by atoms with Crippen LogP contribution in [0.3, 0.4) is 0 Å². The van der Waals surface area contributed by atoms with Gasteiger partial charge in [-0.05, 0) is 68.2 Å². The van der Waals surface area contributed by atoms with Crippen molar-refractivity contribution in [3.63, 3.8) is 0 Å². The zero-order valence-electron chi connectivity index (χ0n) is 27.0. The summed E-state index contributed by atoms with van der Waals surface area (Å²) in [5.74, 6) is 1.21. The highest BCUT2D eigenvalue weighted by atomic mass is 16.1. The van der Waals surface area contributed by atoms with Crippen molar-refractivity contribution in [3.8, 4) is 46.1 Å². The van der Waals surface area contributed by atoms with Crippen molar-refractivity contribution in [2.45, 2.75) is 27.7 Å². The van der Waals surface area contributed by atoms with Gasteiger partial charge < -0.3 is 16.0 Å². The molecule has 0 aliphatic carbocycles. The van der Waals surface area contributed by atoms with Crippen LogP contribution in [-0.2, 0) is 4.79 Å². The minimum atomic E-state index is -0.158. The third-order valence-electron chi connectivity index (χ3n) is 6.42. The maximum atomic E-state index is 11.0. The molecule has 0 fully saturated rings. The predicted molar refractivity (Wildman–Crippen MR) is 180 cm³/mol. The summed E-state index contributed by atoms with van der Waals surface area (Å²) in [6.45, 7) is 11.6. The number of pyridine rings is 4. The van der Waals surface area contributed by atoms with Gasteiger partial charge in [-0.1, -0.05) is 32.9 Å². The molecule has 16 heteroatoms. The van der Waals surface area contributed by atoms with Crippen LogP contribution in [0.25, 0.3) is 46.1 Å². The Bertz CT molecular complexity index is 1800. The monoisotopic (exact) mass is 645 g/mol. The van der Waals surface area contributed by atoms with E-state index in [0.717, 1.165) is 0 Å². The lowest BCUT2D eigenvalue weighted by Gasteiger charge is -2.13. The average Bonchev–Trinajstić information content (AvgIpc) is 3.14. The first-order chi connectivity index (χ1) is 23.4. The fourth-order valence-electron chi connectivity index (χ4n) is 3.87. The lowest BCUT2D eigenvalue weighted by Crippen LogP contribution is -2.21. The number of hydrogen-bond donors (Lipinski definition) is 2. The second-order valence-corrected chi connectivity index (χ2v) is 9.73. The molecule has 0 spiro atoms. The number of amides is 1. The van der Waals surface area contributed by atoms with Crippen molar-refractivity contribution in [2.24, 2.45) is 0 Å². The molecule has 0 saturated heterocycles. The molecule has 3 N–H and O–H groups in total. The third kappa shape index (κ3) is 10.4. The molecule has 6 heterocycles. The molecule has 16 nitrogen and oxygen atoms in total. The molecule has 6 rings (SSSR count). The molecule has 244 valence electrons. The second kappa shape index (κ2) is 18.0. The molecular weight excluding hydrogens is 610 g/mol. The van der Waals surface area contributed by atoms with Crippen LogP contribution in [0.2, 0.25) is 0 Å². The van der Waals surface area contributed by atoms with Gasteiger partial charge in [0.2, 0.25) is 29.2 Å². The van der Waals surface area contributed by atoms with Gasteiger partial charge in [0, 0.05) is 19.3 Å². The van der Waals surface area contributed by atoms with Gasteiger partial charge in [-0.25, -0.2) is 0 Å². The number of carbonyl (C=O) groups is 1. The van der Waals surface area contributed by atoms with Gasteiger partial charge in [-0.2, -0.15) is 0 Å². The summed E-state index contributed by atoms with van der Waals surface area (Å²) in [7, 11) is 0. The lowest BCUT2D eigenvalue weighted by molar-refractivity contribution is -0.114. The number of aromatic nitrogens is 12. The van der Waals surface area contributed by atoms with Crippen LogP contribution in [-0.4, -0.2) is 91.2 Å². The number of hydrogen-bond acceptors (Lipinski definition) is 15. The van der Waals surface area contributed by atoms with Gasteiger partial charge in [0.1, 0.15) is 22.8 Å². The van der Waals surface area contributed by atoms with E-state index in [1.165, 1.54) is 39.0 Å². The Morgan fingerprint density at radius 1 is 0.583 bits per heavy atom. The molecule has 1 amide bonds. The molecular formula is C32H35N15O. The van der Waals surface area contributed by atoms with E-state index in [1.54, 1.807) is 54.9 Å². The summed E-state index contributed by atoms with van der Waals surface area (Å²) in [4.78, 5) is 29.9. The van der Waals surface area contributed by atoms with E-state index in [4.69, 9.17) is 5.73 Å². The van der Waals surface area contributed by atoms with Crippen LogP contribution in [0.4, 0.5) is 11.4 Å². The quantitative estimate of drug-likeness (QED) is 0.242. The van der Waals surface area contributed by atoms with Gasteiger partial charge in [0.25, 0.3) is 0 Å². The first-order valence-corrected chi connectivity index (χ1v) is 15.1. The van der Waals surface area contributed by atoms with Crippen LogP contribution in [0.5, 0.6) is 0 Å². The maximum absolute atomic E-state index is 11.0. The van der Waals surface area contributed by atoms with E-state index >= 15 is 0 Å². The highest BCUT2D eigenvalue weighted by Crippen LogP contribution is 2.15. The average molecular weight is 646 g/mol. The van der Waals surface area contributed by atoms with Crippen molar-refractivity contribution in [1.82, 2.24) is 65.6 Å². The van der Waals surface area contributed by atoms with E-state index in [1.807, 2.05) is 18.2 Å². The summed E-state index contributed by atoms with van der Waals surface area (Å²) in [6.07, 6.45) is 6.36. The summed E-state index contributed by atoms with van der Waals surface area (Å²) in [5.41, 5.74) is 9.05. The number of nitrogens with one attached hydrogen (secondary N) is 1. The van der Waals surface area contributed by atoms with Crippen LogP contribution in [0.1, 0.15) is 27.7 Å². The largest absolute Gasteiger partial charge is 0.397 e. The van der Waals surface area contributed by atoms with E-state index in [-0.39, 0.29) is 5.91 Å². The van der Waals surface area contributed by atoms with Crippen molar-refractivity contribution in [1.29, 1.82) is 0 Å². The van der Waals surface area contributed by atoms with Crippen molar-refractivity contribution in [2.75, 3.05) is 30.7 Å². The third-order valence-corrected chi connectivity index (χ3v) is 6.42. The van der Waals surface area contributed by atoms with Crippen LogP contribution < -0.4 is 11.1 Å². The Morgan fingerprint density at radius 3 is 1.29 bits per heavy atom. The Morgan fingerprint density at radius 2 is 1.00 bits per heavy atom. The van der Waals surface area contributed by atoms with Crippen molar-refractivity contribution >= 4 is 17.3 Å². The molecule has 0 aromatic carbocycles. The molecule has 0 aliphatic rings. The molecule has 6 aromatic heterocycles. The van der Waals surface area contributed by atoms with Gasteiger partial charge in [0.15, 0.2) is 0 Å². The van der Waals surface area contributed by atoms with Crippen molar-refractivity contribution < 1.29 is 4.79 Å². The van der Waals surface area contributed by atoms with Gasteiger partial charge >= 0.3 is 0 Å². The number of nitrogens with two attached hydrogens (primary N) is 1. The number of nitrogen functional groups attached to an aromatic ring is 1.